The van der Waals surface area contributed by atoms with Crippen LogP contribution in [0.25, 0.3) is 0 Å². The molecule has 0 aliphatic heterocycles. The molecule has 0 bridgehead atoms. The Labute approximate surface area is 185 Å². The molecule has 4 aliphatic carbocycles. The predicted octanol–water partition coefficient (Wildman–Crippen LogP) is 7.57. The average Bonchev–Trinajstić information content (AvgIpc) is 3.05. The summed E-state index contributed by atoms with van der Waals surface area (Å²) in [7, 11) is 0. The topological polar surface area (TPSA) is 26.3 Å². The fourth-order valence-electron chi connectivity index (χ4n) is 8.85. The second-order valence-electron chi connectivity index (χ2n) is 12.4. The highest BCUT2D eigenvalue weighted by Crippen LogP contribution is 2.67. The molecule has 0 radical (unpaired) electrons. The van der Waals surface area contributed by atoms with Gasteiger partial charge in [-0.1, -0.05) is 65.5 Å². The van der Waals surface area contributed by atoms with Crippen LogP contribution in [0, 0.1) is 46.3 Å². The van der Waals surface area contributed by atoms with E-state index in [2.05, 4.69) is 40.7 Å². The van der Waals surface area contributed by atoms with E-state index in [1.165, 1.54) is 57.8 Å². The number of rotatable bonds is 7. The van der Waals surface area contributed by atoms with Crippen LogP contribution in [0.2, 0.25) is 0 Å². The van der Waals surface area contributed by atoms with Crippen LogP contribution in [-0.4, -0.2) is 12.6 Å². The van der Waals surface area contributed by atoms with Gasteiger partial charge in [0.2, 0.25) is 0 Å². The van der Waals surface area contributed by atoms with Gasteiger partial charge in [0.15, 0.2) is 0 Å². The minimum atomic E-state index is 0.120. The van der Waals surface area contributed by atoms with E-state index in [4.69, 9.17) is 4.74 Å². The van der Waals surface area contributed by atoms with Crippen LogP contribution in [0.5, 0.6) is 0 Å². The maximum atomic E-state index is 10.8. The molecule has 0 N–H and O–H groups in total. The van der Waals surface area contributed by atoms with Gasteiger partial charge in [0.1, 0.15) is 6.10 Å². The normalized spacial score (nSPS) is 43.9. The Hall–Kier alpha value is -0.790. The third-order valence-electron chi connectivity index (χ3n) is 10.5. The molecule has 0 aromatic heterocycles. The first-order valence-electron chi connectivity index (χ1n) is 13.1. The van der Waals surface area contributed by atoms with E-state index in [9.17, 15) is 4.79 Å². The van der Waals surface area contributed by atoms with Gasteiger partial charge in [0.25, 0.3) is 6.47 Å². The molecule has 8 atom stereocenters. The third-order valence-corrected chi connectivity index (χ3v) is 10.5. The monoisotopic (exact) mass is 414 g/mol. The molecule has 4 unspecified atom stereocenters. The Kier molecular flexibility index (Phi) is 6.44. The van der Waals surface area contributed by atoms with Gasteiger partial charge < -0.3 is 4.74 Å². The zero-order chi connectivity index (χ0) is 21.5. The smallest absolute Gasteiger partial charge is 0.293 e. The second kappa shape index (κ2) is 8.62. The summed E-state index contributed by atoms with van der Waals surface area (Å²) in [6.45, 7) is 13.2. The first-order chi connectivity index (χ1) is 14.3. The van der Waals surface area contributed by atoms with Gasteiger partial charge in [0.05, 0.1) is 0 Å². The van der Waals surface area contributed by atoms with Crippen molar-refractivity contribution < 1.29 is 9.53 Å². The summed E-state index contributed by atoms with van der Waals surface area (Å²) in [5.74, 6) is 5.32. The largest absolute Gasteiger partial charge is 0.464 e. The lowest BCUT2D eigenvalue weighted by Gasteiger charge is -2.58. The molecule has 30 heavy (non-hydrogen) atoms. The summed E-state index contributed by atoms with van der Waals surface area (Å²) < 4.78 is 5.36. The highest BCUT2D eigenvalue weighted by atomic mass is 16.5. The highest BCUT2D eigenvalue weighted by molar-refractivity contribution is 5.38. The van der Waals surface area contributed by atoms with E-state index >= 15 is 0 Å². The minimum Gasteiger partial charge on any atom is -0.464 e. The zero-order valence-electron chi connectivity index (χ0n) is 20.3. The van der Waals surface area contributed by atoms with Crippen molar-refractivity contribution in [3.8, 4) is 0 Å². The summed E-state index contributed by atoms with van der Waals surface area (Å²) in [5, 5.41) is 0. The summed E-state index contributed by atoms with van der Waals surface area (Å²) in [4.78, 5) is 10.8. The lowest BCUT2D eigenvalue weighted by Crippen LogP contribution is -2.51. The quantitative estimate of drug-likeness (QED) is 0.317. The molecule has 3 saturated carbocycles. The van der Waals surface area contributed by atoms with Crippen molar-refractivity contribution in [2.75, 3.05) is 0 Å². The Bertz CT molecular complexity index is 651. The maximum Gasteiger partial charge on any atom is 0.293 e. The molecule has 0 heterocycles. The summed E-state index contributed by atoms with van der Waals surface area (Å²) in [6.07, 6.45) is 17.2. The number of fused-ring (bicyclic) bond motifs is 5. The average molecular weight is 415 g/mol. The van der Waals surface area contributed by atoms with Crippen molar-refractivity contribution in [2.24, 2.45) is 46.3 Å². The van der Waals surface area contributed by atoms with E-state index in [0.29, 0.717) is 17.3 Å². The Morgan fingerprint density at radius 1 is 1.07 bits per heavy atom. The van der Waals surface area contributed by atoms with Crippen LogP contribution < -0.4 is 0 Å². The van der Waals surface area contributed by atoms with Gasteiger partial charge >= 0.3 is 0 Å². The van der Waals surface area contributed by atoms with Crippen LogP contribution in [0.15, 0.2) is 11.6 Å². The van der Waals surface area contributed by atoms with Crippen LogP contribution in [-0.2, 0) is 9.53 Å². The van der Waals surface area contributed by atoms with Crippen LogP contribution in [0.1, 0.15) is 105 Å². The van der Waals surface area contributed by atoms with E-state index in [-0.39, 0.29) is 6.10 Å². The Balaban J connectivity index is 1.47. The molecule has 170 valence electrons. The molecule has 2 heteroatoms. The fourth-order valence-corrected chi connectivity index (χ4v) is 8.85. The van der Waals surface area contributed by atoms with Gasteiger partial charge in [-0.2, -0.15) is 0 Å². The minimum absolute atomic E-state index is 0.120. The molecular weight excluding hydrogens is 368 g/mol. The summed E-state index contributed by atoms with van der Waals surface area (Å²) in [5.41, 5.74) is 2.54. The van der Waals surface area contributed by atoms with Crippen LogP contribution >= 0.6 is 0 Å². The van der Waals surface area contributed by atoms with Crippen molar-refractivity contribution in [1.29, 1.82) is 0 Å². The standard InChI is InChI=1S/C28H46O2/c1-19(2)7-6-8-20(3)24-11-12-25-23-10-9-21-17-22(30-18-29)13-15-27(21,4)26(23)14-16-28(24,25)5/h9,18-20,22-26H,6-8,10-17H2,1-5H3/t20-,22?,23?,24-,25?,26?,27+,28-/m1/s1. The molecule has 4 rings (SSSR count). The number of carbonyl (C=O) groups excluding carboxylic acids is 1. The molecule has 0 aromatic rings. The van der Waals surface area contributed by atoms with E-state index < -0.39 is 0 Å². The molecule has 0 spiro atoms. The highest BCUT2D eigenvalue weighted by Gasteiger charge is 2.59. The molecular formula is C28H46O2. The van der Waals surface area contributed by atoms with Crippen LogP contribution in [0.3, 0.4) is 0 Å². The second-order valence-corrected chi connectivity index (χ2v) is 12.4. The molecule has 0 amide bonds. The molecule has 2 nitrogen and oxygen atoms in total. The number of hydrogen-bond acceptors (Lipinski definition) is 2. The number of carbonyl (C=O) groups is 1. The summed E-state index contributed by atoms with van der Waals surface area (Å²) >= 11 is 0. The molecule has 3 fully saturated rings. The van der Waals surface area contributed by atoms with E-state index in [1.807, 2.05) is 0 Å². The van der Waals surface area contributed by atoms with Crippen molar-refractivity contribution in [2.45, 2.75) is 111 Å². The number of ether oxygens (including phenoxy) is 1. The zero-order valence-corrected chi connectivity index (χ0v) is 20.3. The predicted molar refractivity (Wildman–Crippen MR) is 124 cm³/mol. The van der Waals surface area contributed by atoms with Gasteiger partial charge in [-0.15, -0.1) is 0 Å². The van der Waals surface area contributed by atoms with Gasteiger partial charge in [0, 0.05) is 6.42 Å². The fraction of sp³-hybridized carbons (Fsp3) is 0.893. The number of allylic oxidation sites excluding steroid dienone is 1. The third kappa shape index (κ3) is 3.79. The molecule has 4 aliphatic rings. The van der Waals surface area contributed by atoms with Crippen molar-refractivity contribution in [3.05, 3.63) is 11.6 Å². The van der Waals surface area contributed by atoms with E-state index in [0.717, 1.165) is 48.3 Å². The SMILES string of the molecule is CC(C)CCC[C@@H](C)[C@H]1CCC2C3CC=C4CC(OC=O)CC[C@]4(C)C3CC[C@@]21C. The van der Waals surface area contributed by atoms with Gasteiger partial charge in [-0.25, -0.2) is 0 Å². The first-order valence-corrected chi connectivity index (χ1v) is 13.1. The van der Waals surface area contributed by atoms with Crippen molar-refractivity contribution >= 4 is 6.47 Å². The van der Waals surface area contributed by atoms with E-state index in [1.54, 1.807) is 5.57 Å². The van der Waals surface area contributed by atoms with Gasteiger partial charge in [-0.3, -0.25) is 4.79 Å². The maximum absolute atomic E-state index is 10.8. The van der Waals surface area contributed by atoms with Crippen LogP contribution in [0.4, 0.5) is 0 Å². The van der Waals surface area contributed by atoms with Crippen molar-refractivity contribution in [1.82, 2.24) is 0 Å². The first kappa shape index (κ1) is 22.4. The molecule has 0 aromatic carbocycles. The van der Waals surface area contributed by atoms with Crippen molar-refractivity contribution in [3.63, 3.8) is 0 Å². The Morgan fingerprint density at radius 2 is 1.87 bits per heavy atom. The number of hydrogen-bond donors (Lipinski definition) is 0. The van der Waals surface area contributed by atoms with Gasteiger partial charge in [-0.05, 0) is 91.3 Å². The molecule has 0 saturated heterocycles. The lowest BCUT2D eigenvalue weighted by molar-refractivity contribution is -0.136. The lowest BCUT2D eigenvalue weighted by atomic mass is 9.47. The summed E-state index contributed by atoms with van der Waals surface area (Å²) in [6, 6.07) is 0. The Morgan fingerprint density at radius 3 is 2.60 bits per heavy atom.